The fourth-order valence-electron chi connectivity index (χ4n) is 1.60. The number of hydrogen-bond donors (Lipinski definition) is 2. The van der Waals surface area contributed by atoms with Crippen LogP contribution in [0.15, 0.2) is 29.2 Å². The molecule has 0 heterocycles. The van der Waals surface area contributed by atoms with Gasteiger partial charge >= 0.3 is 0 Å². The minimum atomic E-state index is -3.43. The summed E-state index contributed by atoms with van der Waals surface area (Å²) in [5.41, 5.74) is 0.701. The normalized spacial score (nSPS) is 12.6. The molecule has 0 amide bonds. The van der Waals surface area contributed by atoms with Crippen LogP contribution in [0.2, 0.25) is 0 Å². The van der Waals surface area contributed by atoms with Crippen molar-refractivity contribution in [1.29, 1.82) is 0 Å². The molecule has 0 aliphatic carbocycles. The van der Waals surface area contributed by atoms with E-state index in [1.807, 2.05) is 40.0 Å². The molecule has 0 spiro atoms. The highest BCUT2D eigenvalue weighted by molar-refractivity contribution is 7.89. The molecule has 1 aromatic rings. The third-order valence-electron chi connectivity index (χ3n) is 3.19. The number of likely N-dealkylation sites (N-methyl/N-ethyl adjacent to an activating group) is 1. The van der Waals surface area contributed by atoms with Crippen LogP contribution in [0.3, 0.4) is 0 Å². The summed E-state index contributed by atoms with van der Waals surface area (Å²) in [5, 5.41) is 3.07. The first-order valence-electron chi connectivity index (χ1n) is 6.58. The standard InChI is InChI=1S/C14H24N2O2S/c1-5-14(2,3)16-19(17,18)13-8-6-12(7-9-13)10-11-15-4/h6-9,15-16H,5,10-11H2,1-4H3. The Kier molecular flexibility index (Phi) is 5.52. The van der Waals surface area contributed by atoms with Crippen LogP contribution in [-0.2, 0) is 16.4 Å². The van der Waals surface area contributed by atoms with Gasteiger partial charge < -0.3 is 5.32 Å². The molecule has 4 nitrogen and oxygen atoms in total. The summed E-state index contributed by atoms with van der Waals surface area (Å²) < 4.78 is 27.1. The summed E-state index contributed by atoms with van der Waals surface area (Å²) in [4.78, 5) is 0.322. The highest BCUT2D eigenvalue weighted by Crippen LogP contribution is 2.16. The average molecular weight is 284 g/mol. The Hall–Kier alpha value is -0.910. The lowest BCUT2D eigenvalue weighted by atomic mass is 10.0. The van der Waals surface area contributed by atoms with E-state index in [4.69, 9.17) is 0 Å². The van der Waals surface area contributed by atoms with E-state index in [0.29, 0.717) is 4.90 Å². The monoisotopic (exact) mass is 284 g/mol. The van der Waals surface area contributed by atoms with Gasteiger partial charge in [0.2, 0.25) is 10.0 Å². The Morgan fingerprint density at radius 3 is 2.21 bits per heavy atom. The number of sulfonamides is 1. The van der Waals surface area contributed by atoms with Crippen LogP contribution in [-0.4, -0.2) is 27.5 Å². The second-order valence-electron chi connectivity index (χ2n) is 5.34. The molecule has 0 aromatic heterocycles. The van der Waals surface area contributed by atoms with Crippen molar-refractivity contribution >= 4 is 10.0 Å². The molecule has 19 heavy (non-hydrogen) atoms. The largest absolute Gasteiger partial charge is 0.319 e. The van der Waals surface area contributed by atoms with Crippen LogP contribution in [0, 0.1) is 0 Å². The average Bonchev–Trinajstić information content (AvgIpc) is 2.35. The van der Waals surface area contributed by atoms with Gasteiger partial charge in [-0.25, -0.2) is 13.1 Å². The molecule has 0 aliphatic heterocycles. The van der Waals surface area contributed by atoms with Gasteiger partial charge in [0, 0.05) is 5.54 Å². The van der Waals surface area contributed by atoms with E-state index in [-0.39, 0.29) is 0 Å². The first-order chi connectivity index (χ1) is 8.80. The van der Waals surface area contributed by atoms with Crippen molar-refractivity contribution in [2.24, 2.45) is 0 Å². The summed E-state index contributed by atoms with van der Waals surface area (Å²) in [6, 6.07) is 7.06. The van der Waals surface area contributed by atoms with Gasteiger partial charge in [-0.15, -0.1) is 0 Å². The van der Waals surface area contributed by atoms with Crippen LogP contribution >= 0.6 is 0 Å². The van der Waals surface area contributed by atoms with E-state index in [2.05, 4.69) is 10.0 Å². The van der Waals surface area contributed by atoms with Crippen LogP contribution in [0.5, 0.6) is 0 Å². The minimum absolute atomic E-state index is 0.322. The topological polar surface area (TPSA) is 58.2 Å². The molecule has 0 unspecified atom stereocenters. The van der Waals surface area contributed by atoms with Gasteiger partial charge in [0.05, 0.1) is 4.90 Å². The number of benzene rings is 1. The van der Waals surface area contributed by atoms with Gasteiger partial charge in [-0.05, 0) is 58.0 Å². The smallest absolute Gasteiger partial charge is 0.241 e. The van der Waals surface area contributed by atoms with Crippen molar-refractivity contribution < 1.29 is 8.42 Å². The number of rotatable bonds is 7. The van der Waals surface area contributed by atoms with Crippen LogP contribution < -0.4 is 10.0 Å². The van der Waals surface area contributed by atoms with Gasteiger partial charge in [-0.2, -0.15) is 0 Å². The fourth-order valence-corrected chi connectivity index (χ4v) is 3.08. The molecule has 5 heteroatoms. The summed E-state index contributed by atoms with van der Waals surface area (Å²) >= 11 is 0. The highest BCUT2D eigenvalue weighted by atomic mass is 32.2. The lowest BCUT2D eigenvalue weighted by Crippen LogP contribution is -2.42. The molecule has 108 valence electrons. The van der Waals surface area contributed by atoms with Crippen LogP contribution in [0.25, 0.3) is 0 Å². The maximum atomic E-state index is 12.2. The zero-order chi connectivity index (χ0) is 14.5. The molecule has 0 aliphatic rings. The fraction of sp³-hybridized carbons (Fsp3) is 0.571. The number of hydrogen-bond acceptors (Lipinski definition) is 3. The molecular weight excluding hydrogens is 260 g/mol. The summed E-state index contributed by atoms with van der Waals surface area (Å²) in [5.74, 6) is 0. The third kappa shape index (κ3) is 4.93. The molecular formula is C14H24N2O2S. The predicted molar refractivity (Wildman–Crippen MR) is 78.8 cm³/mol. The Morgan fingerprint density at radius 1 is 1.16 bits per heavy atom. The van der Waals surface area contributed by atoms with Crippen molar-refractivity contribution in [2.45, 2.75) is 44.0 Å². The Bertz CT molecular complexity index is 493. The molecule has 0 bridgehead atoms. The molecule has 0 radical (unpaired) electrons. The summed E-state index contributed by atoms with van der Waals surface area (Å²) in [6.45, 7) is 6.61. The van der Waals surface area contributed by atoms with E-state index in [1.165, 1.54) is 0 Å². The third-order valence-corrected chi connectivity index (χ3v) is 4.91. The number of nitrogens with one attached hydrogen (secondary N) is 2. The van der Waals surface area contributed by atoms with E-state index in [0.717, 1.165) is 24.9 Å². The summed E-state index contributed by atoms with van der Waals surface area (Å²) in [6.07, 6.45) is 1.64. The molecule has 0 saturated heterocycles. The first kappa shape index (κ1) is 16.1. The second kappa shape index (κ2) is 6.50. The van der Waals surface area contributed by atoms with Gasteiger partial charge in [0.25, 0.3) is 0 Å². The molecule has 0 saturated carbocycles. The molecule has 1 aromatic carbocycles. The van der Waals surface area contributed by atoms with Crippen molar-refractivity contribution in [3.8, 4) is 0 Å². The van der Waals surface area contributed by atoms with Crippen molar-refractivity contribution in [3.63, 3.8) is 0 Å². The van der Waals surface area contributed by atoms with Gasteiger partial charge in [-0.1, -0.05) is 19.1 Å². The SMILES string of the molecule is CCC(C)(C)NS(=O)(=O)c1ccc(CCNC)cc1. The van der Waals surface area contributed by atoms with Crippen molar-refractivity contribution in [3.05, 3.63) is 29.8 Å². The van der Waals surface area contributed by atoms with E-state index in [9.17, 15) is 8.42 Å². The zero-order valence-corrected chi connectivity index (χ0v) is 13.0. The van der Waals surface area contributed by atoms with Crippen molar-refractivity contribution in [1.82, 2.24) is 10.0 Å². The van der Waals surface area contributed by atoms with Crippen molar-refractivity contribution in [2.75, 3.05) is 13.6 Å². The maximum Gasteiger partial charge on any atom is 0.241 e. The Labute approximate surface area is 116 Å². The quantitative estimate of drug-likeness (QED) is 0.804. The van der Waals surface area contributed by atoms with Gasteiger partial charge in [-0.3, -0.25) is 0 Å². The lowest BCUT2D eigenvalue weighted by molar-refractivity contribution is 0.439. The zero-order valence-electron chi connectivity index (χ0n) is 12.2. The first-order valence-corrected chi connectivity index (χ1v) is 8.06. The minimum Gasteiger partial charge on any atom is -0.319 e. The Morgan fingerprint density at radius 2 is 1.74 bits per heavy atom. The van der Waals surface area contributed by atoms with E-state index >= 15 is 0 Å². The van der Waals surface area contributed by atoms with E-state index < -0.39 is 15.6 Å². The van der Waals surface area contributed by atoms with E-state index in [1.54, 1.807) is 12.1 Å². The van der Waals surface area contributed by atoms with Gasteiger partial charge in [0.15, 0.2) is 0 Å². The van der Waals surface area contributed by atoms with Crippen LogP contribution in [0.1, 0.15) is 32.8 Å². The Balaban J connectivity index is 2.85. The molecule has 0 atom stereocenters. The van der Waals surface area contributed by atoms with Gasteiger partial charge in [0.1, 0.15) is 0 Å². The molecule has 1 rings (SSSR count). The maximum absolute atomic E-state index is 12.2. The van der Waals surface area contributed by atoms with Crippen LogP contribution in [0.4, 0.5) is 0 Å². The molecule has 2 N–H and O–H groups in total. The lowest BCUT2D eigenvalue weighted by Gasteiger charge is -2.24. The predicted octanol–water partition coefficient (Wildman–Crippen LogP) is 1.92. The highest BCUT2D eigenvalue weighted by Gasteiger charge is 2.24. The molecule has 0 fully saturated rings. The summed E-state index contributed by atoms with van der Waals surface area (Å²) in [7, 11) is -1.53. The second-order valence-corrected chi connectivity index (χ2v) is 7.02.